The van der Waals surface area contributed by atoms with E-state index in [4.69, 9.17) is 0 Å². The largest absolute Gasteiger partial charge is 0.280 e. The van der Waals surface area contributed by atoms with Crippen LogP contribution >= 0.6 is 0 Å². The van der Waals surface area contributed by atoms with Gasteiger partial charge in [-0.05, 0) is 17.9 Å². The van der Waals surface area contributed by atoms with Gasteiger partial charge in [-0.3, -0.25) is 20.2 Å². The van der Waals surface area contributed by atoms with Gasteiger partial charge in [-0.1, -0.05) is 27.7 Å². The van der Waals surface area contributed by atoms with E-state index in [1.807, 2.05) is 13.8 Å². The Morgan fingerprint density at radius 3 is 2.16 bits per heavy atom. The summed E-state index contributed by atoms with van der Waals surface area (Å²) in [5, 5.41) is 22.0. The van der Waals surface area contributed by atoms with Crippen LogP contribution in [-0.2, 0) is 0 Å². The molecular formula is C13H17N2O4. The molecule has 1 atom stereocenters. The highest BCUT2D eigenvalue weighted by Gasteiger charge is 2.27. The molecule has 0 amide bonds. The first-order valence-electron chi connectivity index (χ1n) is 6.06. The van der Waals surface area contributed by atoms with E-state index in [0.29, 0.717) is 11.1 Å². The van der Waals surface area contributed by atoms with E-state index in [0.717, 1.165) is 18.4 Å². The normalized spacial score (nSPS) is 12.5. The summed E-state index contributed by atoms with van der Waals surface area (Å²) in [6.07, 6.45) is 0.763. The summed E-state index contributed by atoms with van der Waals surface area (Å²) >= 11 is 0. The molecule has 6 heteroatoms. The van der Waals surface area contributed by atoms with Crippen molar-refractivity contribution in [1.29, 1.82) is 0 Å². The third kappa shape index (κ3) is 3.07. The van der Waals surface area contributed by atoms with Gasteiger partial charge in [-0.25, -0.2) is 0 Å². The molecule has 0 aromatic heterocycles. The lowest BCUT2D eigenvalue weighted by Gasteiger charge is -2.17. The molecule has 6 nitrogen and oxygen atoms in total. The molecule has 1 aromatic carbocycles. The van der Waals surface area contributed by atoms with Gasteiger partial charge in [0.25, 0.3) is 11.4 Å². The standard InChI is InChI=1S/C13H17N2O4/c1-5-9(4)11-6-10(14(16)17)7-12(15(18)19)13(11)8(2)3/h6-7,9H,5H2,1-4H3. The summed E-state index contributed by atoms with van der Waals surface area (Å²) < 4.78 is 0. The molecule has 1 unspecified atom stereocenters. The molecule has 0 bridgehead atoms. The highest BCUT2D eigenvalue weighted by molar-refractivity contribution is 5.59. The highest BCUT2D eigenvalue weighted by Crippen LogP contribution is 2.37. The molecule has 103 valence electrons. The van der Waals surface area contributed by atoms with Crippen molar-refractivity contribution in [2.75, 3.05) is 0 Å². The van der Waals surface area contributed by atoms with Crippen LogP contribution in [0.4, 0.5) is 11.4 Å². The van der Waals surface area contributed by atoms with Crippen LogP contribution in [-0.4, -0.2) is 9.85 Å². The second-order valence-electron chi connectivity index (χ2n) is 4.75. The Labute approximate surface area is 111 Å². The zero-order valence-corrected chi connectivity index (χ0v) is 11.5. The Balaban J connectivity index is 3.65. The monoisotopic (exact) mass is 265 g/mol. The first kappa shape index (κ1) is 15.1. The van der Waals surface area contributed by atoms with Crippen LogP contribution in [0.5, 0.6) is 0 Å². The third-order valence-corrected chi connectivity index (χ3v) is 3.18. The Bertz CT molecular complexity index is 512. The molecule has 0 saturated carbocycles. The van der Waals surface area contributed by atoms with Crippen LogP contribution in [0.15, 0.2) is 12.1 Å². The molecule has 0 aliphatic heterocycles. The van der Waals surface area contributed by atoms with Crippen LogP contribution in [0.25, 0.3) is 0 Å². The molecule has 0 saturated heterocycles. The predicted octanol–water partition coefficient (Wildman–Crippen LogP) is 3.98. The van der Waals surface area contributed by atoms with E-state index in [1.165, 1.54) is 6.07 Å². The molecule has 0 heterocycles. The molecule has 1 aromatic rings. The van der Waals surface area contributed by atoms with Crippen LogP contribution < -0.4 is 0 Å². The average molecular weight is 265 g/mol. The van der Waals surface area contributed by atoms with Gasteiger partial charge in [0, 0.05) is 17.5 Å². The number of non-ortho nitro benzene ring substituents is 1. The van der Waals surface area contributed by atoms with Gasteiger partial charge in [0.15, 0.2) is 0 Å². The maximum absolute atomic E-state index is 11.1. The van der Waals surface area contributed by atoms with Gasteiger partial charge < -0.3 is 0 Å². The van der Waals surface area contributed by atoms with E-state index in [-0.39, 0.29) is 17.3 Å². The van der Waals surface area contributed by atoms with Gasteiger partial charge in [0.05, 0.1) is 15.9 Å². The summed E-state index contributed by atoms with van der Waals surface area (Å²) in [4.78, 5) is 20.9. The maximum Gasteiger partial charge on any atom is 0.280 e. The van der Waals surface area contributed by atoms with Crippen molar-refractivity contribution in [1.82, 2.24) is 0 Å². The molecule has 0 aliphatic rings. The van der Waals surface area contributed by atoms with Gasteiger partial charge in [-0.15, -0.1) is 0 Å². The first-order chi connectivity index (χ1) is 8.79. The van der Waals surface area contributed by atoms with Crippen molar-refractivity contribution in [3.8, 4) is 0 Å². The summed E-state index contributed by atoms with van der Waals surface area (Å²) in [6.45, 7) is 7.42. The topological polar surface area (TPSA) is 86.3 Å². The summed E-state index contributed by atoms with van der Waals surface area (Å²) in [6, 6.07) is 2.48. The van der Waals surface area contributed by atoms with Gasteiger partial charge in [-0.2, -0.15) is 0 Å². The zero-order valence-electron chi connectivity index (χ0n) is 11.5. The number of benzene rings is 1. The molecule has 19 heavy (non-hydrogen) atoms. The lowest BCUT2D eigenvalue weighted by atomic mass is 9.87. The Kier molecular flexibility index (Phi) is 4.58. The molecule has 0 fully saturated rings. The Morgan fingerprint density at radius 2 is 1.79 bits per heavy atom. The first-order valence-corrected chi connectivity index (χ1v) is 6.06. The lowest BCUT2D eigenvalue weighted by molar-refractivity contribution is -0.394. The number of nitro groups is 2. The van der Waals surface area contributed by atoms with E-state index < -0.39 is 9.85 Å². The number of nitro benzene ring substituents is 2. The SMILES string of the molecule is CCC(C)c1cc([N+](=O)[O-])cc([N+](=O)[O-])c1[C](C)C. The fourth-order valence-corrected chi connectivity index (χ4v) is 2.04. The van der Waals surface area contributed by atoms with Gasteiger partial charge in [0.2, 0.25) is 0 Å². The third-order valence-electron chi connectivity index (χ3n) is 3.18. The van der Waals surface area contributed by atoms with E-state index >= 15 is 0 Å². The quantitative estimate of drug-likeness (QED) is 0.595. The van der Waals surface area contributed by atoms with E-state index in [2.05, 4.69) is 0 Å². The van der Waals surface area contributed by atoms with Crippen LogP contribution in [0, 0.1) is 26.1 Å². The lowest BCUT2D eigenvalue weighted by Crippen LogP contribution is -2.07. The second-order valence-corrected chi connectivity index (χ2v) is 4.75. The van der Waals surface area contributed by atoms with Gasteiger partial charge >= 0.3 is 0 Å². The van der Waals surface area contributed by atoms with Gasteiger partial charge in [0.1, 0.15) is 0 Å². The number of rotatable bonds is 5. The number of nitrogens with zero attached hydrogens (tertiary/aromatic N) is 2. The van der Waals surface area contributed by atoms with E-state index in [9.17, 15) is 20.2 Å². The Morgan fingerprint density at radius 1 is 1.21 bits per heavy atom. The van der Waals surface area contributed by atoms with Crippen LogP contribution in [0.1, 0.15) is 51.2 Å². The molecule has 0 aliphatic carbocycles. The van der Waals surface area contributed by atoms with Crippen LogP contribution in [0.3, 0.4) is 0 Å². The second kappa shape index (κ2) is 5.77. The van der Waals surface area contributed by atoms with Crippen molar-refractivity contribution in [3.05, 3.63) is 49.4 Å². The minimum absolute atomic E-state index is 0.0310. The van der Waals surface area contributed by atoms with Crippen molar-refractivity contribution < 1.29 is 9.85 Å². The molecular weight excluding hydrogens is 248 g/mol. The average Bonchev–Trinajstić information content (AvgIpc) is 2.35. The molecule has 0 spiro atoms. The summed E-state index contributed by atoms with van der Waals surface area (Å²) in [5.74, 6) is 0.820. The minimum Gasteiger partial charge on any atom is -0.258 e. The predicted molar refractivity (Wildman–Crippen MR) is 72.1 cm³/mol. The van der Waals surface area contributed by atoms with Crippen molar-refractivity contribution in [2.24, 2.45) is 0 Å². The minimum atomic E-state index is -0.590. The number of hydrogen-bond donors (Lipinski definition) is 0. The fourth-order valence-electron chi connectivity index (χ4n) is 2.04. The fraction of sp³-hybridized carbons (Fsp3) is 0.462. The summed E-state index contributed by atoms with van der Waals surface area (Å²) in [5.41, 5.74) is 0.768. The van der Waals surface area contributed by atoms with Crippen LogP contribution in [0.2, 0.25) is 0 Å². The molecule has 1 rings (SSSR count). The van der Waals surface area contributed by atoms with Crippen molar-refractivity contribution >= 4 is 11.4 Å². The molecule has 1 radical (unpaired) electrons. The smallest absolute Gasteiger partial charge is 0.258 e. The van der Waals surface area contributed by atoms with Crippen molar-refractivity contribution in [2.45, 2.75) is 40.0 Å². The van der Waals surface area contributed by atoms with E-state index in [1.54, 1.807) is 13.8 Å². The van der Waals surface area contributed by atoms with Crippen molar-refractivity contribution in [3.63, 3.8) is 0 Å². The zero-order chi connectivity index (χ0) is 14.7. The summed E-state index contributed by atoms with van der Waals surface area (Å²) in [7, 11) is 0. The maximum atomic E-state index is 11.1. The highest BCUT2D eigenvalue weighted by atomic mass is 16.6. The Hall–Kier alpha value is -1.98. The molecule has 0 N–H and O–H groups in total. The number of hydrogen-bond acceptors (Lipinski definition) is 4.